The lowest BCUT2D eigenvalue weighted by molar-refractivity contribution is -0.155. The molecule has 1 fully saturated rings. The van der Waals surface area contributed by atoms with Crippen LogP contribution >= 0.6 is 0 Å². The third-order valence-electron chi connectivity index (χ3n) is 5.40. The van der Waals surface area contributed by atoms with E-state index in [0.717, 1.165) is 22.2 Å². The fourth-order valence-electron chi connectivity index (χ4n) is 4.13. The van der Waals surface area contributed by atoms with Crippen molar-refractivity contribution >= 4 is 23.0 Å². The topological polar surface area (TPSA) is 60.5 Å². The average Bonchev–Trinajstić information content (AvgIpc) is 3.26. The molecule has 3 aromatic rings. The Morgan fingerprint density at radius 2 is 1.45 bits per heavy atom. The van der Waals surface area contributed by atoms with Crippen molar-refractivity contribution in [1.29, 1.82) is 0 Å². The Hall–Kier alpha value is -3.12. The van der Waals surface area contributed by atoms with Crippen LogP contribution in [0.3, 0.4) is 0 Å². The fraction of sp³-hybridized carbons (Fsp3) is 0.407. The zero-order valence-electron chi connectivity index (χ0n) is 20.2. The first-order chi connectivity index (χ1) is 15.4. The van der Waals surface area contributed by atoms with Gasteiger partial charge in [0.1, 0.15) is 17.2 Å². The smallest absolute Gasteiger partial charge is 0.419 e. The highest BCUT2D eigenvalue weighted by Gasteiger charge is 2.56. The van der Waals surface area contributed by atoms with Gasteiger partial charge in [0.15, 0.2) is 0 Å². The number of nitrogens with zero attached hydrogens (tertiary/aromatic N) is 2. The number of ether oxygens (including phenoxy) is 2. The maximum Gasteiger partial charge on any atom is 0.419 e. The SMILES string of the molecule is CC(C)(C)OC(=O)[C@@H]1[C@@H](c2cc3ccccc3n2C(=O)OC(C)(C)C)N1Cc1ccccc1. The second-order valence-corrected chi connectivity index (χ2v) is 10.5. The van der Waals surface area contributed by atoms with Gasteiger partial charge in [-0.1, -0.05) is 48.5 Å². The molecule has 0 bridgehead atoms. The molecule has 0 saturated carbocycles. The van der Waals surface area contributed by atoms with Crippen molar-refractivity contribution < 1.29 is 19.1 Å². The number of carbonyl (C=O) groups is 2. The van der Waals surface area contributed by atoms with E-state index in [0.29, 0.717) is 6.54 Å². The summed E-state index contributed by atoms with van der Waals surface area (Å²) in [6.07, 6.45) is -0.451. The van der Waals surface area contributed by atoms with E-state index in [2.05, 4.69) is 4.90 Å². The molecule has 1 aliphatic rings. The van der Waals surface area contributed by atoms with E-state index in [4.69, 9.17) is 9.47 Å². The van der Waals surface area contributed by atoms with Crippen molar-refractivity contribution in [3.05, 3.63) is 71.9 Å². The van der Waals surface area contributed by atoms with E-state index in [1.807, 2.05) is 102 Å². The van der Waals surface area contributed by atoms with Gasteiger partial charge in [0.05, 0.1) is 11.6 Å². The number of benzene rings is 2. The molecule has 0 N–H and O–H groups in total. The van der Waals surface area contributed by atoms with Crippen molar-refractivity contribution in [3.63, 3.8) is 0 Å². The third kappa shape index (κ3) is 5.11. The maximum absolute atomic E-state index is 13.3. The fourth-order valence-corrected chi connectivity index (χ4v) is 4.13. The molecule has 3 atom stereocenters. The van der Waals surface area contributed by atoms with Gasteiger partial charge in [0, 0.05) is 17.6 Å². The van der Waals surface area contributed by atoms with Crippen molar-refractivity contribution in [2.24, 2.45) is 0 Å². The molecule has 2 heterocycles. The van der Waals surface area contributed by atoms with Gasteiger partial charge in [0.25, 0.3) is 0 Å². The highest BCUT2D eigenvalue weighted by atomic mass is 16.6. The van der Waals surface area contributed by atoms with Crippen LogP contribution in [-0.4, -0.2) is 38.8 Å². The lowest BCUT2D eigenvalue weighted by Crippen LogP contribution is -2.29. The summed E-state index contributed by atoms with van der Waals surface area (Å²) in [5, 5.41) is 0.924. The van der Waals surface area contributed by atoms with E-state index in [1.165, 1.54) is 0 Å². The van der Waals surface area contributed by atoms with Crippen LogP contribution in [0.25, 0.3) is 10.9 Å². The van der Waals surface area contributed by atoms with Crippen molar-refractivity contribution in [1.82, 2.24) is 9.47 Å². The number of carbonyl (C=O) groups excluding carboxylic acids is 2. The quantitative estimate of drug-likeness (QED) is 0.379. The van der Waals surface area contributed by atoms with Gasteiger partial charge in [-0.2, -0.15) is 0 Å². The Bertz CT molecular complexity index is 1170. The summed E-state index contributed by atoms with van der Waals surface area (Å²) in [5.74, 6) is -0.288. The lowest BCUT2D eigenvalue weighted by Gasteiger charge is -2.21. The van der Waals surface area contributed by atoms with Gasteiger partial charge in [-0.3, -0.25) is 9.69 Å². The Morgan fingerprint density at radius 1 is 0.848 bits per heavy atom. The Balaban J connectivity index is 1.75. The minimum Gasteiger partial charge on any atom is -0.459 e. The van der Waals surface area contributed by atoms with Crippen LogP contribution in [0, 0.1) is 0 Å². The largest absolute Gasteiger partial charge is 0.459 e. The second kappa shape index (κ2) is 8.34. The lowest BCUT2D eigenvalue weighted by atomic mass is 10.2. The maximum atomic E-state index is 13.3. The summed E-state index contributed by atoms with van der Waals surface area (Å²) >= 11 is 0. The molecule has 1 saturated heterocycles. The summed E-state index contributed by atoms with van der Waals surface area (Å²) in [6, 6.07) is 18.9. The molecule has 1 aliphatic heterocycles. The monoisotopic (exact) mass is 448 g/mol. The molecule has 6 heteroatoms. The zero-order valence-corrected chi connectivity index (χ0v) is 20.2. The first-order valence-corrected chi connectivity index (χ1v) is 11.3. The Labute approximate surface area is 195 Å². The molecule has 0 amide bonds. The summed E-state index contributed by atoms with van der Waals surface area (Å²) in [5.41, 5.74) is 1.35. The van der Waals surface area contributed by atoms with Crippen LogP contribution in [0.15, 0.2) is 60.7 Å². The standard InChI is InChI=1S/C27H32N2O4/c1-26(2,3)32-24(30)23-22(28(23)17-18-12-8-7-9-13-18)21-16-19-14-10-11-15-20(19)29(21)25(31)33-27(4,5)6/h7-16,22-23H,17H2,1-6H3/t22-,23+,28?/m1/s1. The number of hydrogen-bond acceptors (Lipinski definition) is 5. The van der Waals surface area contributed by atoms with Crippen molar-refractivity contribution in [3.8, 4) is 0 Å². The van der Waals surface area contributed by atoms with Crippen LogP contribution in [-0.2, 0) is 20.8 Å². The Kier molecular flexibility index (Phi) is 5.83. The van der Waals surface area contributed by atoms with Crippen molar-refractivity contribution in [2.45, 2.75) is 71.4 Å². The minimum atomic E-state index is -0.641. The first kappa shape index (κ1) is 23.1. The molecule has 1 aromatic heterocycles. The number of aromatic nitrogens is 1. The predicted molar refractivity (Wildman–Crippen MR) is 128 cm³/mol. The van der Waals surface area contributed by atoms with Gasteiger partial charge in [-0.05, 0) is 59.2 Å². The molecule has 6 nitrogen and oxygen atoms in total. The Morgan fingerprint density at radius 3 is 2.09 bits per heavy atom. The van der Waals surface area contributed by atoms with E-state index in [1.54, 1.807) is 4.57 Å². The van der Waals surface area contributed by atoms with Crippen LogP contribution in [0.1, 0.15) is 58.8 Å². The molecule has 33 heavy (non-hydrogen) atoms. The van der Waals surface area contributed by atoms with Crippen LogP contribution in [0.2, 0.25) is 0 Å². The van der Waals surface area contributed by atoms with E-state index in [-0.39, 0.29) is 12.0 Å². The van der Waals surface area contributed by atoms with Gasteiger partial charge in [0.2, 0.25) is 0 Å². The summed E-state index contributed by atoms with van der Waals surface area (Å²) < 4.78 is 13.1. The molecule has 1 unspecified atom stereocenters. The third-order valence-corrected chi connectivity index (χ3v) is 5.40. The highest BCUT2D eigenvalue weighted by molar-refractivity contribution is 5.92. The number of fused-ring (bicyclic) bond motifs is 1. The molecule has 2 aromatic carbocycles. The van der Waals surface area contributed by atoms with Crippen LogP contribution in [0.4, 0.5) is 4.79 Å². The summed E-state index contributed by atoms with van der Waals surface area (Å²) in [7, 11) is 0. The van der Waals surface area contributed by atoms with Gasteiger partial charge >= 0.3 is 12.1 Å². The molecule has 174 valence electrons. The second-order valence-electron chi connectivity index (χ2n) is 10.5. The average molecular weight is 449 g/mol. The normalized spacial score (nSPS) is 20.5. The van der Waals surface area contributed by atoms with Gasteiger partial charge in [-0.15, -0.1) is 0 Å². The van der Waals surface area contributed by atoms with Gasteiger partial charge in [-0.25, -0.2) is 9.36 Å². The highest BCUT2D eigenvalue weighted by Crippen LogP contribution is 2.47. The molecule has 0 spiro atoms. The molecule has 0 aliphatic carbocycles. The first-order valence-electron chi connectivity index (χ1n) is 11.3. The number of hydrogen-bond donors (Lipinski definition) is 0. The number of rotatable bonds is 4. The van der Waals surface area contributed by atoms with E-state index in [9.17, 15) is 9.59 Å². The van der Waals surface area contributed by atoms with Gasteiger partial charge < -0.3 is 9.47 Å². The molecular weight excluding hydrogens is 416 g/mol. The van der Waals surface area contributed by atoms with Crippen LogP contribution < -0.4 is 0 Å². The minimum absolute atomic E-state index is 0.288. The van der Waals surface area contributed by atoms with Crippen molar-refractivity contribution in [2.75, 3.05) is 0 Å². The number of para-hydroxylation sites is 1. The molecule has 0 radical (unpaired) electrons. The molecular formula is C27H32N2O4. The van der Waals surface area contributed by atoms with E-state index < -0.39 is 23.3 Å². The van der Waals surface area contributed by atoms with Crippen LogP contribution in [0.5, 0.6) is 0 Å². The zero-order chi connectivity index (χ0) is 24.0. The summed E-state index contributed by atoms with van der Waals surface area (Å²) in [4.78, 5) is 28.5. The number of esters is 1. The molecule has 4 rings (SSSR count). The predicted octanol–water partition coefficient (Wildman–Crippen LogP) is 5.69. The van der Waals surface area contributed by atoms with E-state index >= 15 is 0 Å². The summed E-state index contributed by atoms with van der Waals surface area (Å²) in [6.45, 7) is 11.7.